The van der Waals surface area contributed by atoms with E-state index in [2.05, 4.69) is 20.6 Å². The number of nitrogens with one attached hydrogen (secondary N) is 2. The monoisotopic (exact) mass is 326 g/mol. The van der Waals surface area contributed by atoms with Crippen LogP contribution in [0.3, 0.4) is 0 Å². The van der Waals surface area contributed by atoms with Crippen LogP contribution in [-0.2, 0) is 16.3 Å². The predicted molar refractivity (Wildman–Crippen MR) is 90.8 cm³/mol. The summed E-state index contributed by atoms with van der Waals surface area (Å²) in [7, 11) is -1.46. The lowest BCUT2D eigenvalue weighted by atomic mass is 10.3. The zero-order valence-electron chi connectivity index (χ0n) is 13.8. The van der Waals surface area contributed by atoms with Gasteiger partial charge >= 0.3 is 0 Å². The lowest BCUT2D eigenvalue weighted by Gasteiger charge is -2.19. The molecule has 0 aliphatic carbocycles. The largest absolute Gasteiger partial charge is 0.356 e. The van der Waals surface area contributed by atoms with E-state index >= 15 is 0 Å². The van der Waals surface area contributed by atoms with Crippen LogP contribution in [0.5, 0.6) is 0 Å². The second-order valence-corrected chi connectivity index (χ2v) is 8.79. The maximum absolute atomic E-state index is 12.0. The van der Waals surface area contributed by atoms with E-state index in [0.29, 0.717) is 19.0 Å². The molecule has 0 saturated carbocycles. The van der Waals surface area contributed by atoms with Gasteiger partial charge in [-0.15, -0.1) is 0 Å². The Morgan fingerprint density at radius 3 is 2.45 bits per heavy atom. The van der Waals surface area contributed by atoms with E-state index < -0.39 is 14.6 Å². The van der Waals surface area contributed by atoms with Crippen molar-refractivity contribution < 1.29 is 8.42 Å². The highest BCUT2D eigenvalue weighted by Crippen LogP contribution is 2.15. The third kappa shape index (κ3) is 6.01. The van der Waals surface area contributed by atoms with Gasteiger partial charge in [0.25, 0.3) is 0 Å². The molecular weight excluding hydrogens is 300 g/mol. The molecule has 1 aromatic heterocycles. The Morgan fingerprint density at radius 2 is 1.91 bits per heavy atom. The standard InChI is InChI=1S/C15H26N4O2S/c1-15(2,3)22(20,21)12-11-19-14(16-4)18-10-8-13-7-5-6-9-17-13/h5-7,9H,8,10-12H2,1-4H3,(H2,16,18,19). The van der Waals surface area contributed by atoms with Crippen LogP contribution >= 0.6 is 0 Å². The number of hydrogen-bond acceptors (Lipinski definition) is 4. The van der Waals surface area contributed by atoms with Crippen LogP contribution in [0.1, 0.15) is 26.5 Å². The van der Waals surface area contributed by atoms with Crippen LogP contribution in [0.15, 0.2) is 29.4 Å². The molecule has 0 bridgehead atoms. The predicted octanol–water partition coefficient (Wildman–Crippen LogP) is 1.00. The molecule has 0 radical (unpaired) electrons. The Labute approximate surface area is 133 Å². The first-order chi connectivity index (χ1) is 10.3. The molecule has 0 aromatic carbocycles. The molecule has 1 heterocycles. The Kier molecular flexibility index (Phi) is 6.80. The summed E-state index contributed by atoms with van der Waals surface area (Å²) in [4.78, 5) is 8.32. The number of hydrogen-bond donors (Lipinski definition) is 2. The van der Waals surface area contributed by atoms with E-state index in [1.165, 1.54) is 0 Å². The number of sulfone groups is 1. The SMILES string of the molecule is CN=C(NCCc1ccccn1)NCCS(=O)(=O)C(C)(C)C. The molecule has 0 unspecified atom stereocenters. The van der Waals surface area contributed by atoms with E-state index in [1.54, 1.807) is 34.0 Å². The second kappa shape index (κ2) is 8.12. The molecule has 0 atom stereocenters. The fourth-order valence-corrected chi connectivity index (χ4v) is 2.67. The fourth-order valence-electron chi connectivity index (χ4n) is 1.69. The molecule has 7 heteroatoms. The molecule has 0 amide bonds. The summed E-state index contributed by atoms with van der Waals surface area (Å²) in [6, 6.07) is 5.80. The molecule has 0 fully saturated rings. The summed E-state index contributed by atoms with van der Waals surface area (Å²) in [6.45, 7) is 6.15. The number of guanidine groups is 1. The summed E-state index contributed by atoms with van der Waals surface area (Å²) in [6.07, 6.45) is 2.54. The van der Waals surface area contributed by atoms with Crippen LogP contribution in [0.25, 0.3) is 0 Å². The number of aliphatic imine (C=N–C) groups is 1. The first-order valence-electron chi connectivity index (χ1n) is 7.33. The average Bonchev–Trinajstić information content (AvgIpc) is 2.45. The Morgan fingerprint density at radius 1 is 1.23 bits per heavy atom. The van der Waals surface area contributed by atoms with Crippen LogP contribution in [0.2, 0.25) is 0 Å². The van der Waals surface area contributed by atoms with Crippen molar-refractivity contribution in [2.75, 3.05) is 25.9 Å². The van der Waals surface area contributed by atoms with Gasteiger partial charge in [0.05, 0.1) is 10.5 Å². The second-order valence-electron chi connectivity index (χ2n) is 5.93. The lowest BCUT2D eigenvalue weighted by Crippen LogP contribution is -2.42. The lowest BCUT2D eigenvalue weighted by molar-refractivity contribution is 0.559. The normalized spacial score (nSPS) is 13.0. The fraction of sp³-hybridized carbons (Fsp3) is 0.600. The number of nitrogens with zero attached hydrogens (tertiary/aromatic N) is 2. The van der Waals surface area contributed by atoms with Crippen LogP contribution in [-0.4, -0.2) is 50.0 Å². The molecule has 124 valence electrons. The van der Waals surface area contributed by atoms with Crippen LogP contribution < -0.4 is 10.6 Å². The van der Waals surface area contributed by atoms with Crippen molar-refractivity contribution in [3.8, 4) is 0 Å². The van der Waals surface area contributed by atoms with Gasteiger partial charge in [-0.1, -0.05) is 6.07 Å². The summed E-state index contributed by atoms with van der Waals surface area (Å²) in [5.74, 6) is 0.678. The van der Waals surface area contributed by atoms with Crippen LogP contribution in [0.4, 0.5) is 0 Å². The minimum Gasteiger partial charge on any atom is -0.356 e. The highest BCUT2D eigenvalue weighted by molar-refractivity contribution is 7.92. The molecule has 0 saturated heterocycles. The summed E-state index contributed by atoms with van der Waals surface area (Å²) in [5.41, 5.74) is 1.00. The number of pyridine rings is 1. The highest BCUT2D eigenvalue weighted by Gasteiger charge is 2.28. The minimum atomic E-state index is -3.12. The van der Waals surface area contributed by atoms with Crippen molar-refractivity contribution in [2.24, 2.45) is 4.99 Å². The first kappa shape index (κ1) is 18.4. The zero-order valence-corrected chi connectivity index (χ0v) is 14.6. The van der Waals surface area contributed by atoms with Gasteiger partial charge in [0.1, 0.15) is 0 Å². The third-order valence-corrected chi connectivity index (χ3v) is 5.83. The molecular formula is C15H26N4O2S. The van der Waals surface area contributed by atoms with Gasteiger partial charge in [-0.05, 0) is 32.9 Å². The van der Waals surface area contributed by atoms with Gasteiger partial charge in [0, 0.05) is 38.4 Å². The Hall–Kier alpha value is -1.63. The molecule has 22 heavy (non-hydrogen) atoms. The zero-order chi connectivity index (χ0) is 16.6. The van der Waals surface area contributed by atoms with Crippen LogP contribution in [0, 0.1) is 0 Å². The minimum absolute atomic E-state index is 0.0808. The van der Waals surface area contributed by atoms with Gasteiger partial charge in [-0.3, -0.25) is 9.98 Å². The third-order valence-electron chi connectivity index (χ3n) is 3.22. The van der Waals surface area contributed by atoms with Gasteiger partial charge < -0.3 is 10.6 Å². The summed E-state index contributed by atoms with van der Waals surface area (Å²) in [5, 5.41) is 6.17. The number of aromatic nitrogens is 1. The van der Waals surface area contributed by atoms with Gasteiger partial charge in [0.2, 0.25) is 0 Å². The van der Waals surface area contributed by atoms with E-state index in [-0.39, 0.29) is 5.75 Å². The van der Waals surface area contributed by atoms with Crippen molar-refractivity contribution in [1.82, 2.24) is 15.6 Å². The highest BCUT2D eigenvalue weighted by atomic mass is 32.2. The van der Waals surface area contributed by atoms with E-state index in [1.807, 2.05) is 18.2 Å². The maximum atomic E-state index is 12.0. The quantitative estimate of drug-likeness (QED) is 0.602. The van der Waals surface area contributed by atoms with Crippen molar-refractivity contribution in [3.05, 3.63) is 30.1 Å². The smallest absolute Gasteiger partial charge is 0.191 e. The van der Waals surface area contributed by atoms with Gasteiger partial charge in [-0.2, -0.15) is 0 Å². The summed E-state index contributed by atoms with van der Waals surface area (Å²) >= 11 is 0. The summed E-state index contributed by atoms with van der Waals surface area (Å²) < 4.78 is 23.3. The molecule has 6 nitrogen and oxygen atoms in total. The molecule has 1 aromatic rings. The van der Waals surface area contributed by atoms with Gasteiger partial charge in [0.15, 0.2) is 15.8 Å². The van der Waals surface area contributed by atoms with Crippen molar-refractivity contribution in [1.29, 1.82) is 0 Å². The van der Waals surface area contributed by atoms with Crippen molar-refractivity contribution in [3.63, 3.8) is 0 Å². The number of rotatable bonds is 6. The van der Waals surface area contributed by atoms with E-state index in [4.69, 9.17) is 0 Å². The van der Waals surface area contributed by atoms with E-state index in [0.717, 1.165) is 12.1 Å². The van der Waals surface area contributed by atoms with Crippen molar-refractivity contribution in [2.45, 2.75) is 31.9 Å². The molecule has 0 aliphatic heterocycles. The Balaban J connectivity index is 2.35. The first-order valence-corrected chi connectivity index (χ1v) is 8.98. The molecule has 0 spiro atoms. The van der Waals surface area contributed by atoms with Gasteiger partial charge in [-0.25, -0.2) is 8.42 Å². The van der Waals surface area contributed by atoms with Crippen molar-refractivity contribution >= 4 is 15.8 Å². The topological polar surface area (TPSA) is 83.4 Å². The maximum Gasteiger partial charge on any atom is 0.191 e. The Bertz CT molecular complexity index is 577. The van der Waals surface area contributed by atoms with E-state index in [9.17, 15) is 8.42 Å². The molecule has 1 rings (SSSR count). The average molecular weight is 326 g/mol. The molecule has 0 aliphatic rings. The molecule has 2 N–H and O–H groups in total.